The maximum Gasteiger partial charge on any atom is 0.337 e. The number of nitrogens with one attached hydrogen (secondary N) is 2. The van der Waals surface area contributed by atoms with Crippen LogP contribution in [-0.4, -0.2) is 93.6 Å². The molecule has 1 fully saturated rings. The molecule has 1 aliphatic rings. The van der Waals surface area contributed by atoms with Crippen LogP contribution in [-0.2, 0) is 24.3 Å². The predicted octanol–water partition coefficient (Wildman–Crippen LogP) is 1.69. The number of hydrogen-bond donors (Lipinski definition) is 2. The first-order valence-corrected chi connectivity index (χ1v) is 13.6. The SMILES string of the molecule is COCCNC(=O)C1CN(C(=O)Nc2ccc(C(=O)OC)cc2)CCN1S(=O)(=O)c1cccc2cccnc12. The molecule has 1 aliphatic heterocycles. The highest BCUT2D eigenvalue weighted by Crippen LogP contribution is 2.27. The number of nitrogens with zero attached hydrogens (tertiary/aromatic N) is 3. The van der Waals surface area contributed by atoms with Crippen LogP contribution in [0.4, 0.5) is 10.5 Å². The van der Waals surface area contributed by atoms with E-state index in [1.165, 1.54) is 43.5 Å². The minimum atomic E-state index is -4.16. The fourth-order valence-corrected chi connectivity index (χ4v) is 6.00. The third-order valence-corrected chi connectivity index (χ3v) is 8.21. The fourth-order valence-electron chi connectivity index (χ4n) is 4.27. The number of aromatic nitrogens is 1. The van der Waals surface area contributed by atoms with Gasteiger partial charge >= 0.3 is 12.0 Å². The summed E-state index contributed by atoms with van der Waals surface area (Å²) in [6.45, 7) is 0.175. The van der Waals surface area contributed by atoms with Gasteiger partial charge < -0.3 is 25.0 Å². The molecule has 1 saturated heterocycles. The Morgan fingerprint density at radius 3 is 2.49 bits per heavy atom. The quantitative estimate of drug-likeness (QED) is 0.315. The number of para-hydroxylation sites is 1. The van der Waals surface area contributed by atoms with Gasteiger partial charge in [-0.05, 0) is 36.4 Å². The van der Waals surface area contributed by atoms with Crippen LogP contribution in [0.25, 0.3) is 10.9 Å². The zero-order valence-electron chi connectivity index (χ0n) is 21.5. The topological polar surface area (TPSA) is 147 Å². The highest BCUT2D eigenvalue weighted by molar-refractivity contribution is 7.89. The van der Waals surface area contributed by atoms with Crippen LogP contribution in [0, 0.1) is 0 Å². The van der Waals surface area contributed by atoms with Crippen molar-refractivity contribution >= 4 is 44.5 Å². The van der Waals surface area contributed by atoms with E-state index in [1.807, 2.05) is 0 Å². The van der Waals surface area contributed by atoms with Gasteiger partial charge in [-0.25, -0.2) is 18.0 Å². The molecule has 1 atom stereocenters. The second kappa shape index (κ2) is 12.2. The number of rotatable bonds is 8. The van der Waals surface area contributed by atoms with Crippen molar-refractivity contribution in [3.63, 3.8) is 0 Å². The molecule has 0 saturated carbocycles. The van der Waals surface area contributed by atoms with E-state index in [0.29, 0.717) is 22.2 Å². The Kier molecular flexibility index (Phi) is 8.74. The molecule has 0 radical (unpaired) electrons. The summed E-state index contributed by atoms with van der Waals surface area (Å²) in [7, 11) is -1.40. The molecule has 206 valence electrons. The third kappa shape index (κ3) is 6.16. The average Bonchev–Trinajstić information content (AvgIpc) is 2.96. The lowest BCUT2D eigenvalue weighted by Gasteiger charge is -2.39. The van der Waals surface area contributed by atoms with Crippen molar-refractivity contribution in [2.45, 2.75) is 10.9 Å². The number of urea groups is 1. The Morgan fingerprint density at radius 1 is 1.03 bits per heavy atom. The molecule has 13 heteroatoms. The average molecular weight is 556 g/mol. The molecule has 2 aromatic carbocycles. The van der Waals surface area contributed by atoms with Gasteiger partial charge in [-0.3, -0.25) is 9.78 Å². The number of anilines is 1. The van der Waals surface area contributed by atoms with Crippen molar-refractivity contribution in [3.8, 4) is 0 Å². The standard InChI is InChI=1S/C26H29N5O7S/c1-37-16-13-28-24(32)21-17-30(26(34)29-20-10-8-19(9-11-20)25(33)38-2)14-15-31(21)39(35,36)22-7-3-5-18-6-4-12-27-23(18)22/h3-12,21H,13-17H2,1-2H3,(H,28,32)(H,29,34). The molecule has 1 unspecified atom stereocenters. The zero-order valence-corrected chi connectivity index (χ0v) is 22.3. The van der Waals surface area contributed by atoms with E-state index in [9.17, 15) is 22.8 Å². The Bertz CT molecular complexity index is 1460. The number of amides is 3. The Balaban J connectivity index is 1.57. The van der Waals surface area contributed by atoms with Crippen LogP contribution in [0.3, 0.4) is 0 Å². The van der Waals surface area contributed by atoms with Crippen molar-refractivity contribution in [1.82, 2.24) is 19.5 Å². The number of esters is 1. The van der Waals surface area contributed by atoms with Crippen molar-refractivity contribution in [1.29, 1.82) is 0 Å². The van der Waals surface area contributed by atoms with Crippen molar-refractivity contribution in [2.24, 2.45) is 0 Å². The number of sulfonamides is 1. The van der Waals surface area contributed by atoms with Crippen LogP contribution in [0.1, 0.15) is 10.4 Å². The van der Waals surface area contributed by atoms with Gasteiger partial charge in [-0.1, -0.05) is 18.2 Å². The molecular weight excluding hydrogens is 526 g/mol. The first-order valence-electron chi connectivity index (χ1n) is 12.1. The summed E-state index contributed by atoms with van der Waals surface area (Å²) >= 11 is 0. The summed E-state index contributed by atoms with van der Waals surface area (Å²) in [5.41, 5.74) is 1.05. The number of methoxy groups -OCH3 is 2. The van der Waals surface area contributed by atoms with Crippen molar-refractivity contribution < 1.29 is 32.3 Å². The molecule has 4 rings (SSSR count). The maximum atomic E-state index is 13.8. The zero-order chi connectivity index (χ0) is 28.0. The van der Waals surface area contributed by atoms with Gasteiger partial charge in [0.1, 0.15) is 10.9 Å². The summed E-state index contributed by atoms with van der Waals surface area (Å²) in [5.74, 6) is -1.06. The van der Waals surface area contributed by atoms with Gasteiger partial charge in [0.05, 0.1) is 24.8 Å². The number of fused-ring (bicyclic) bond motifs is 1. The van der Waals surface area contributed by atoms with Gasteiger partial charge in [0.15, 0.2) is 0 Å². The number of piperazine rings is 1. The lowest BCUT2D eigenvalue weighted by Crippen LogP contribution is -2.62. The van der Waals surface area contributed by atoms with Crippen molar-refractivity contribution in [2.75, 3.05) is 52.3 Å². The van der Waals surface area contributed by atoms with E-state index in [1.54, 1.807) is 36.4 Å². The summed E-state index contributed by atoms with van der Waals surface area (Å²) < 4.78 is 38.5. The number of benzene rings is 2. The smallest absolute Gasteiger partial charge is 0.337 e. The molecule has 2 N–H and O–H groups in total. The first-order chi connectivity index (χ1) is 18.8. The minimum absolute atomic E-state index is 0.0149. The third-order valence-electron chi connectivity index (χ3n) is 6.27. The molecule has 2 heterocycles. The van der Waals surface area contributed by atoms with Gasteiger partial charge in [0.25, 0.3) is 0 Å². The van der Waals surface area contributed by atoms with Gasteiger partial charge in [-0.15, -0.1) is 0 Å². The second-order valence-corrected chi connectivity index (χ2v) is 10.6. The summed E-state index contributed by atoms with van der Waals surface area (Å²) in [4.78, 5) is 43.5. The second-order valence-electron chi connectivity index (χ2n) is 8.69. The molecule has 0 aliphatic carbocycles. The van der Waals surface area contributed by atoms with Gasteiger partial charge in [0, 0.05) is 50.6 Å². The molecule has 0 spiro atoms. The molecule has 3 amide bonds. The molecule has 0 bridgehead atoms. The molecule has 39 heavy (non-hydrogen) atoms. The molecule has 3 aromatic rings. The van der Waals surface area contributed by atoms with Crippen LogP contribution in [0.5, 0.6) is 0 Å². The maximum absolute atomic E-state index is 13.8. The van der Waals surface area contributed by atoms with Gasteiger partial charge in [0.2, 0.25) is 15.9 Å². The van der Waals surface area contributed by atoms with Crippen LogP contribution >= 0.6 is 0 Å². The van der Waals surface area contributed by atoms with Crippen LogP contribution < -0.4 is 10.6 Å². The monoisotopic (exact) mass is 555 g/mol. The van der Waals surface area contributed by atoms with Gasteiger partial charge in [-0.2, -0.15) is 4.31 Å². The molecule has 12 nitrogen and oxygen atoms in total. The predicted molar refractivity (Wildman–Crippen MR) is 143 cm³/mol. The number of carbonyl (C=O) groups is 3. The highest BCUT2D eigenvalue weighted by Gasteiger charge is 2.42. The largest absolute Gasteiger partial charge is 0.465 e. The number of pyridine rings is 1. The number of carbonyl (C=O) groups excluding carboxylic acids is 3. The Hall–Kier alpha value is -4.07. The summed E-state index contributed by atoms with van der Waals surface area (Å²) in [5, 5.41) is 6.06. The molecule has 1 aromatic heterocycles. The van der Waals surface area contributed by atoms with Crippen LogP contribution in [0.2, 0.25) is 0 Å². The van der Waals surface area contributed by atoms with Crippen LogP contribution in [0.15, 0.2) is 65.7 Å². The van der Waals surface area contributed by atoms with Crippen molar-refractivity contribution in [3.05, 3.63) is 66.4 Å². The summed E-state index contributed by atoms with van der Waals surface area (Å²) in [6, 6.07) is 12.7. The first kappa shape index (κ1) is 28.0. The normalized spacial score (nSPS) is 16.1. The summed E-state index contributed by atoms with van der Waals surface area (Å²) in [6.07, 6.45) is 1.51. The van der Waals surface area contributed by atoms with E-state index in [-0.39, 0.29) is 37.7 Å². The van der Waals surface area contributed by atoms with E-state index in [4.69, 9.17) is 4.74 Å². The van der Waals surface area contributed by atoms with E-state index < -0.39 is 34.0 Å². The van der Waals surface area contributed by atoms with E-state index in [0.717, 1.165) is 4.31 Å². The van der Waals surface area contributed by atoms with E-state index >= 15 is 0 Å². The Labute approximate surface area is 225 Å². The fraction of sp³-hybridized carbons (Fsp3) is 0.308. The lowest BCUT2D eigenvalue weighted by atomic mass is 10.2. The number of ether oxygens (including phenoxy) is 2. The lowest BCUT2D eigenvalue weighted by molar-refractivity contribution is -0.126. The number of hydrogen-bond acceptors (Lipinski definition) is 8. The highest BCUT2D eigenvalue weighted by atomic mass is 32.2. The van der Waals surface area contributed by atoms with E-state index in [2.05, 4.69) is 20.4 Å². The molecular formula is C26H29N5O7S. The minimum Gasteiger partial charge on any atom is -0.465 e. The Morgan fingerprint density at radius 2 is 1.77 bits per heavy atom.